The summed E-state index contributed by atoms with van der Waals surface area (Å²) in [4.78, 5) is 0. The predicted octanol–water partition coefficient (Wildman–Crippen LogP) is 2.98. The second-order valence-electron chi connectivity index (χ2n) is 4.20. The van der Waals surface area contributed by atoms with Crippen LogP contribution in [0.4, 0.5) is 4.39 Å². The maximum absolute atomic E-state index is 12.7. The Morgan fingerprint density at radius 1 is 1.24 bits per heavy atom. The van der Waals surface area contributed by atoms with Gasteiger partial charge < -0.3 is 10.8 Å². The van der Waals surface area contributed by atoms with Gasteiger partial charge in [0, 0.05) is 4.75 Å². The third-order valence-corrected chi connectivity index (χ3v) is 6.27. The van der Waals surface area contributed by atoms with Gasteiger partial charge in [-0.2, -0.15) is 0 Å². The molecule has 1 saturated heterocycles. The van der Waals surface area contributed by atoms with E-state index in [0.717, 1.165) is 5.56 Å². The summed E-state index contributed by atoms with van der Waals surface area (Å²) in [5.74, 6) is -0.233. The van der Waals surface area contributed by atoms with E-state index in [2.05, 4.69) is 5.73 Å². The molecule has 1 aromatic rings. The minimum Gasteiger partial charge on any atom is -0.390 e. The van der Waals surface area contributed by atoms with Crippen molar-refractivity contribution in [1.29, 1.82) is 0 Å². The third kappa shape index (κ3) is 3.37. The van der Waals surface area contributed by atoms with E-state index in [1.807, 2.05) is 13.8 Å². The van der Waals surface area contributed by atoms with Crippen LogP contribution in [0.3, 0.4) is 0 Å². The minimum absolute atomic E-state index is 0.0469. The van der Waals surface area contributed by atoms with E-state index in [9.17, 15) is 9.50 Å². The first-order valence-electron chi connectivity index (χ1n) is 5.36. The Bertz CT molecular complexity index is 356. The van der Waals surface area contributed by atoms with Crippen LogP contribution < -0.4 is 5.73 Å². The number of halogens is 1. The van der Waals surface area contributed by atoms with E-state index in [4.69, 9.17) is 0 Å². The normalized spacial score (nSPS) is 26.2. The zero-order valence-corrected chi connectivity index (χ0v) is 11.8. The molecule has 2 atom stereocenters. The summed E-state index contributed by atoms with van der Waals surface area (Å²) in [6, 6.07) is 6.38. The minimum atomic E-state index is -0.391. The summed E-state index contributed by atoms with van der Waals surface area (Å²) in [6.07, 6.45) is -0.391. The van der Waals surface area contributed by atoms with Crippen molar-refractivity contribution >= 4 is 21.6 Å². The first-order chi connectivity index (χ1) is 8.00. The second-order valence-corrected chi connectivity index (χ2v) is 7.20. The van der Waals surface area contributed by atoms with Crippen LogP contribution in [-0.4, -0.2) is 23.0 Å². The molecule has 2 unspecified atom stereocenters. The summed E-state index contributed by atoms with van der Waals surface area (Å²) in [5.41, 5.74) is 5.49. The van der Waals surface area contributed by atoms with E-state index < -0.39 is 6.10 Å². The number of aliphatic hydroxyl groups is 1. The first kappa shape index (κ1) is 14.8. The van der Waals surface area contributed by atoms with Gasteiger partial charge in [-0.15, -0.1) is 0 Å². The van der Waals surface area contributed by atoms with Crippen molar-refractivity contribution < 1.29 is 9.50 Å². The largest absolute Gasteiger partial charge is 0.390 e. The number of benzene rings is 1. The second kappa shape index (κ2) is 6.09. The van der Waals surface area contributed by atoms with Crippen molar-refractivity contribution in [3.63, 3.8) is 0 Å². The van der Waals surface area contributed by atoms with Crippen LogP contribution in [0.5, 0.6) is 0 Å². The highest BCUT2D eigenvalue weighted by Gasteiger charge is 2.43. The zero-order valence-electron chi connectivity index (χ0n) is 10.2. The van der Waals surface area contributed by atoms with E-state index >= 15 is 0 Å². The predicted molar refractivity (Wildman–Crippen MR) is 74.5 cm³/mol. The molecule has 1 aromatic carbocycles. The van der Waals surface area contributed by atoms with Crippen molar-refractivity contribution in [3.8, 4) is 0 Å². The molecule has 0 aromatic heterocycles. The molecule has 96 valence electrons. The lowest BCUT2D eigenvalue weighted by Crippen LogP contribution is -2.31. The Kier molecular flexibility index (Phi) is 5.31. The maximum Gasteiger partial charge on any atom is 0.123 e. The summed E-state index contributed by atoms with van der Waals surface area (Å²) < 4.78 is 12.6. The molecular weight excluding hydrogens is 257 g/mol. The SMILES string of the molecule is CC1(C)SSC(c2ccc(F)cc2)C1O.CN. The number of nitrogens with two attached hydrogens (primary N) is 1. The smallest absolute Gasteiger partial charge is 0.123 e. The van der Waals surface area contributed by atoms with Crippen LogP contribution in [0.2, 0.25) is 0 Å². The Balaban J connectivity index is 0.000000686. The topological polar surface area (TPSA) is 46.2 Å². The van der Waals surface area contributed by atoms with Crippen molar-refractivity contribution in [3.05, 3.63) is 35.6 Å². The van der Waals surface area contributed by atoms with Gasteiger partial charge in [0.1, 0.15) is 5.82 Å². The summed E-state index contributed by atoms with van der Waals surface area (Å²) >= 11 is 0. The summed E-state index contributed by atoms with van der Waals surface area (Å²) in [5, 5.41) is 10.2. The number of hydrogen-bond acceptors (Lipinski definition) is 4. The molecule has 0 bridgehead atoms. The van der Waals surface area contributed by atoms with Gasteiger partial charge in [-0.1, -0.05) is 33.7 Å². The Morgan fingerprint density at radius 3 is 2.18 bits per heavy atom. The van der Waals surface area contributed by atoms with Gasteiger partial charge in [-0.05, 0) is 38.6 Å². The molecule has 0 amide bonds. The Labute approximate surface area is 110 Å². The first-order valence-corrected chi connectivity index (χ1v) is 7.58. The van der Waals surface area contributed by atoms with E-state index in [1.54, 1.807) is 33.7 Å². The standard InChI is InChI=1S/C11H13FOS2.CH5N/c1-11(2)10(13)9(14-15-11)7-3-5-8(12)6-4-7;1-2/h3-6,9-10,13H,1-2H3;2H2,1H3. The lowest BCUT2D eigenvalue weighted by molar-refractivity contribution is 0.143. The van der Waals surface area contributed by atoms with Gasteiger partial charge in [0.05, 0.1) is 11.4 Å². The van der Waals surface area contributed by atoms with Crippen LogP contribution in [0, 0.1) is 5.82 Å². The lowest BCUT2D eigenvalue weighted by atomic mass is 9.98. The molecule has 0 saturated carbocycles. The highest BCUT2D eigenvalue weighted by Crippen LogP contribution is 2.57. The quantitative estimate of drug-likeness (QED) is 0.774. The fourth-order valence-electron chi connectivity index (χ4n) is 1.53. The molecule has 1 heterocycles. The summed E-state index contributed by atoms with van der Waals surface area (Å²) in [6.45, 7) is 4.05. The van der Waals surface area contributed by atoms with Crippen LogP contribution in [0.15, 0.2) is 24.3 Å². The average molecular weight is 275 g/mol. The van der Waals surface area contributed by atoms with Gasteiger partial charge >= 0.3 is 0 Å². The lowest BCUT2D eigenvalue weighted by Gasteiger charge is -2.22. The average Bonchev–Trinajstić information content (AvgIpc) is 2.59. The molecule has 0 radical (unpaired) electrons. The van der Waals surface area contributed by atoms with Crippen molar-refractivity contribution in [1.82, 2.24) is 0 Å². The molecule has 0 spiro atoms. The van der Waals surface area contributed by atoms with E-state index in [0.29, 0.717) is 0 Å². The maximum atomic E-state index is 12.7. The summed E-state index contributed by atoms with van der Waals surface area (Å²) in [7, 11) is 4.85. The monoisotopic (exact) mass is 275 g/mol. The number of hydrogen-bond donors (Lipinski definition) is 2. The molecule has 17 heavy (non-hydrogen) atoms. The van der Waals surface area contributed by atoms with Gasteiger partial charge in [0.2, 0.25) is 0 Å². The highest BCUT2D eigenvalue weighted by atomic mass is 33.1. The molecule has 1 aliphatic rings. The van der Waals surface area contributed by atoms with Gasteiger partial charge in [0.25, 0.3) is 0 Å². The number of rotatable bonds is 1. The zero-order chi connectivity index (χ0) is 13.1. The van der Waals surface area contributed by atoms with Crippen LogP contribution in [0.25, 0.3) is 0 Å². The van der Waals surface area contributed by atoms with E-state index in [1.165, 1.54) is 19.2 Å². The molecule has 3 N–H and O–H groups in total. The Hall–Kier alpha value is -0.230. The van der Waals surface area contributed by atoms with Crippen LogP contribution in [0.1, 0.15) is 24.7 Å². The van der Waals surface area contributed by atoms with E-state index in [-0.39, 0.29) is 15.8 Å². The van der Waals surface area contributed by atoms with Gasteiger partial charge in [-0.3, -0.25) is 0 Å². The van der Waals surface area contributed by atoms with Crippen LogP contribution in [-0.2, 0) is 0 Å². The fraction of sp³-hybridized carbons (Fsp3) is 0.500. The van der Waals surface area contributed by atoms with Crippen molar-refractivity contribution in [2.75, 3.05) is 7.05 Å². The molecule has 2 rings (SSSR count). The highest BCUT2D eigenvalue weighted by molar-refractivity contribution is 8.77. The van der Waals surface area contributed by atoms with Gasteiger partial charge in [-0.25, -0.2) is 4.39 Å². The van der Waals surface area contributed by atoms with Crippen LogP contribution >= 0.6 is 21.6 Å². The fourth-order valence-corrected chi connectivity index (χ4v) is 4.92. The molecule has 0 aliphatic carbocycles. The van der Waals surface area contributed by atoms with Crippen molar-refractivity contribution in [2.24, 2.45) is 5.73 Å². The van der Waals surface area contributed by atoms with Crippen molar-refractivity contribution in [2.45, 2.75) is 29.9 Å². The Morgan fingerprint density at radius 2 is 1.76 bits per heavy atom. The molecule has 5 heteroatoms. The molecule has 2 nitrogen and oxygen atoms in total. The molecule has 1 fully saturated rings. The number of aliphatic hydroxyl groups excluding tert-OH is 1. The third-order valence-electron chi connectivity index (χ3n) is 2.56. The molecule has 1 aliphatic heterocycles. The van der Waals surface area contributed by atoms with Gasteiger partial charge in [0.15, 0.2) is 0 Å². The molecular formula is C12H18FNOS2.